The number of rotatable bonds is 4. The summed E-state index contributed by atoms with van der Waals surface area (Å²) < 4.78 is 17.8. The molecule has 12 nitrogen and oxygen atoms in total. The molecule has 0 amide bonds. The lowest BCUT2D eigenvalue weighted by atomic mass is 9.46. The minimum Gasteiger partial charge on any atom is -0.504 e. The lowest BCUT2D eigenvalue weighted by molar-refractivity contribution is -0.188. The van der Waals surface area contributed by atoms with Gasteiger partial charge in [-0.1, -0.05) is 49.2 Å². The predicted molar refractivity (Wildman–Crippen MR) is 280 cm³/mol. The van der Waals surface area contributed by atoms with E-state index < -0.39 is 33.7 Å². The van der Waals surface area contributed by atoms with Gasteiger partial charge < -0.3 is 39.5 Å². The minimum atomic E-state index is -0.940. The Morgan fingerprint density at radius 2 is 1.31 bits per heavy atom. The van der Waals surface area contributed by atoms with Gasteiger partial charge in [0, 0.05) is 53.7 Å². The van der Waals surface area contributed by atoms with Gasteiger partial charge in [-0.05, 0) is 199 Å². The third kappa shape index (κ3) is 6.09. The van der Waals surface area contributed by atoms with Crippen LogP contribution in [-0.2, 0) is 34.9 Å². The van der Waals surface area contributed by atoms with Gasteiger partial charge in [-0.15, -0.1) is 6.42 Å². The van der Waals surface area contributed by atoms with Gasteiger partial charge in [-0.25, -0.2) is 0 Å². The highest BCUT2D eigenvalue weighted by Gasteiger charge is 2.74. The Labute approximate surface area is 440 Å². The summed E-state index contributed by atoms with van der Waals surface area (Å²) in [6.45, 7) is 13.1. The number of aromatic hydroxyl groups is 2. The van der Waals surface area contributed by atoms with E-state index in [9.17, 15) is 30.3 Å². The highest BCUT2D eigenvalue weighted by molar-refractivity contribution is 5.90. The second-order valence-corrected chi connectivity index (χ2v) is 27.0. The Bertz CT molecular complexity index is 2910. The van der Waals surface area contributed by atoms with E-state index >= 15 is 0 Å². The van der Waals surface area contributed by atoms with Gasteiger partial charge in [-0.3, -0.25) is 14.6 Å². The van der Waals surface area contributed by atoms with Crippen molar-refractivity contribution in [2.24, 2.45) is 40.4 Å². The van der Waals surface area contributed by atoms with Crippen LogP contribution in [0.1, 0.15) is 150 Å². The Morgan fingerprint density at radius 1 is 0.720 bits per heavy atom. The Hall–Kier alpha value is -4.64. The molecule has 4 aliphatic heterocycles. The first kappa shape index (κ1) is 47.6. The summed E-state index contributed by atoms with van der Waals surface area (Å²) >= 11 is 0. The number of hydrogen-bond donors (Lipinski definition) is 5. The van der Waals surface area contributed by atoms with Crippen molar-refractivity contribution >= 4 is 11.9 Å². The van der Waals surface area contributed by atoms with Crippen molar-refractivity contribution < 1.29 is 44.3 Å². The molecule has 0 radical (unpaired) electrons. The van der Waals surface area contributed by atoms with Gasteiger partial charge in [0.15, 0.2) is 40.6 Å². The van der Waals surface area contributed by atoms with Crippen LogP contribution in [0, 0.1) is 52.8 Å². The molecular formula is C63H75N3O9. The average molecular weight is 1020 g/mol. The first-order chi connectivity index (χ1) is 36.0. The number of ketones is 1. The molecule has 5 N–H and O–H groups in total. The largest absolute Gasteiger partial charge is 0.504 e. The van der Waals surface area contributed by atoms with Gasteiger partial charge in [0.2, 0.25) is 0 Å². The van der Waals surface area contributed by atoms with Crippen LogP contribution in [0.5, 0.6) is 23.0 Å². The van der Waals surface area contributed by atoms with Crippen molar-refractivity contribution in [1.29, 1.82) is 0 Å². The number of likely N-dealkylation sites (tertiary alicyclic amines) is 2. The predicted octanol–water partition coefficient (Wildman–Crippen LogP) is 8.26. The molecule has 0 unspecified atom stereocenters. The fourth-order valence-corrected chi connectivity index (χ4v) is 19.8. The number of allylic oxidation sites excluding steroid dienone is 1. The van der Waals surface area contributed by atoms with E-state index in [2.05, 4.69) is 47.4 Å². The summed E-state index contributed by atoms with van der Waals surface area (Å²) in [6, 6.07) is 7.65. The number of aromatic nitrogens is 1. The van der Waals surface area contributed by atoms with E-state index in [1.807, 2.05) is 18.3 Å². The molecule has 14 atom stereocenters. The second-order valence-electron chi connectivity index (χ2n) is 27.0. The molecule has 7 saturated carbocycles. The zero-order chi connectivity index (χ0) is 51.4. The van der Waals surface area contributed by atoms with Crippen LogP contribution in [0.4, 0.5) is 0 Å². The quantitative estimate of drug-likeness (QED) is 0.126. The summed E-state index contributed by atoms with van der Waals surface area (Å²) in [4.78, 5) is 17.7. The molecule has 9 fully saturated rings. The fourth-order valence-electron chi connectivity index (χ4n) is 19.8. The van der Waals surface area contributed by atoms with Crippen molar-refractivity contribution in [1.82, 2.24) is 15.0 Å². The maximum absolute atomic E-state index is 12.7. The van der Waals surface area contributed by atoms with Crippen molar-refractivity contribution in [3.05, 3.63) is 81.8 Å². The highest BCUT2D eigenvalue weighted by Crippen LogP contribution is 2.70. The Morgan fingerprint density at radius 3 is 1.92 bits per heavy atom. The zero-order valence-electron chi connectivity index (χ0n) is 43.9. The third-order valence-electron chi connectivity index (χ3n) is 23.9. The summed E-state index contributed by atoms with van der Waals surface area (Å²) in [7, 11) is 0. The van der Waals surface area contributed by atoms with E-state index in [0.29, 0.717) is 42.1 Å². The molecule has 5 heterocycles. The number of phenolic OH excluding ortho intramolecular Hbond substituents is 2. The van der Waals surface area contributed by atoms with E-state index in [1.165, 1.54) is 43.2 Å². The number of aliphatic hydroxyl groups is 3. The van der Waals surface area contributed by atoms with Crippen LogP contribution >= 0.6 is 0 Å². The van der Waals surface area contributed by atoms with Gasteiger partial charge in [0.1, 0.15) is 11.7 Å². The first-order valence-corrected chi connectivity index (χ1v) is 29.0. The molecule has 2 saturated heterocycles. The van der Waals surface area contributed by atoms with Crippen LogP contribution in [0.15, 0.2) is 52.7 Å². The third-order valence-corrected chi connectivity index (χ3v) is 23.9. The number of Topliss-reactive ketones (excluding diaryl/α,β-unsaturated/α-hetero) is 1. The topological polar surface area (TPSA) is 169 Å². The molecule has 2 spiro atoms. The molecule has 2 aromatic carbocycles. The van der Waals surface area contributed by atoms with Crippen molar-refractivity contribution in [3.8, 4) is 35.3 Å². The molecule has 10 aliphatic carbocycles. The number of fused-ring (bicyclic) bond motifs is 6. The first-order valence-electron chi connectivity index (χ1n) is 29.0. The van der Waals surface area contributed by atoms with E-state index in [-0.39, 0.29) is 46.3 Å². The lowest BCUT2D eigenvalue weighted by Crippen LogP contribution is -2.76. The maximum atomic E-state index is 12.7. The van der Waals surface area contributed by atoms with Gasteiger partial charge in [-0.2, -0.15) is 0 Å². The number of ether oxygens (including phenoxy) is 2. The van der Waals surface area contributed by atoms with Crippen molar-refractivity contribution in [2.75, 3.05) is 26.2 Å². The minimum absolute atomic E-state index is 0.0454. The number of benzene rings is 2. The van der Waals surface area contributed by atoms with Crippen molar-refractivity contribution in [3.63, 3.8) is 0 Å². The molecule has 75 heavy (non-hydrogen) atoms. The number of hydrogen-bond acceptors (Lipinski definition) is 12. The molecule has 1 aromatic heterocycles. The number of carbonyl (C=O) groups excluding carboxylic acids is 1. The molecular weight excluding hydrogens is 943 g/mol. The van der Waals surface area contributed by atoms with Crippen LogP contribution in [0.25, 0.3) is 6.08 Å². The smallest absolute Gasteiger partial charge is 0.174 e. The number of nitrogens with zero attached hydrogens (tertiary/aromatic N) is 3. The van der Waals surface area contributed by atoms with Crippen molar-refractivity contribution in [2.45, 2.75) is 188 Å². The highest BCUT2D eigenvalue weighted by atomic mass is 16.5. The summed E-state index contributed by atoms with van der Waals surface area (Å²) in [5.41, 5.74) is 4.65. The molecule has 396 valence electrons. The molecule has 4 bridgehead atoms. The van der Waals surface area contributed by atoms with Crippen LogP contribution in [-0.4, -0.2) is 114 Å². The van der Waals surface area contributed by atoms with E-state index in [1.54, 1.807) is 17.7 Å². The second kappa shape index (κ2) is 15.8. The van der Waals surface area contributed by atoms with Crippen LogP contribution < -0.4 is 9.47 Å². The SMILES string of the molecule is C#C[C@]1(O)CC[C@H]2[C@@H]3CCC4=Cc5oncc5C[C@]4(C)[C@H]3CC[C@@]21C.C=C1CC[C@@]2(O)[C@H]3Cc4ccc(O)c5c4[C@@]2(CCN3CC2CC2)[C@H]1O5.O=C1CC[C@@]2(O)[C@H]3Cc4ccc(O)c5c4[C@@]2(CCN3CC2CC2)[C@H]1O5. The van der Waals surface area contributed by atoms with Gasteiger partial charge >= 0.3 is 0 Å². The lowest BCUT2D eigenvalue weighted by Gasteiger charge is -2.63. The van der Waals surface area contributed by atoms with Gasteiger partial charge in [0.25, 0.3) is 0 Å². The number of terminal acetylenes is 1. The monoisotopic (exact) mass is 1020 g/mol. The van der Waals surface area contributed by atoms with E-state index in [4.69, 9.17) is 20.4 Å². The summed E-state index contributed by atoms with van der Waals surface area (Å²) in [6.07, 6.45) is 27.5. The number of carbonyl (C=O) groups is 1. The Balaban J connectivity index is 0.0000000990. The fraction of sp³-hybridized carbons (Fsp3) is 0.651. The van der Waals surface area contributed by atoms with Gasteiger partial charge in [0.05, 0.1) is 28.2 Å². The molecule has 14 aliphatic rings. The van der Waals surface area contributed by atoms with Crippen LogP contribution in [0.2, 0.25) is 0 Å². The van der Waals surface area contributed by atoms with E-state index in [0.717, 1.165) is 143 Å². The maximum Gasteiger partial charge on any atom is 0.174 e. The molecule has 17 rings (SSSR count). The number of piperidine rings is 2. The number of phenols is 2. The summed E-state index contributed by atoms with van der Waals surface area (Å²) in [5.74, 6) is 8.66. The zero-order valence-corrected chi connectivity index (χ0v) is 43.9. The molecule has 12 heteroatoms. The van der Waals surface area contributed by atoms with Crippen LogP contribution in [0.3, 0.4) is 0 Å². The molecule has 3 aromatic rings. The normalized spacial score (nSPS) is 43.5. The average Bonchev–Trinajstić information content (AvgIpc) is 4.45. The standard InChI is InChI=1S/C22H27NO2.C21H25NO3.C20H23NO4/c1-4-22(24)10-8-18-16-6-5-15-11-19-14(13-23-25-19)12-20(15,2)17(16)7-9-21(18,22)3;1-12-6-7-21(24)16-10-14-4-5-15(23)18-17(14)20(21,19(12)25-18)8-9-22(16)11-13-2-3-13;22-13-4-3-12-9-15-20(24)6-5-14(23)18-19(20,16(12)17(13)25-18)7-8-21(15)10-11-1-2-11/h1,11,13,16-18,24H,5-10,12H2,2-3H3;4-5,13,16,19,23-24H,1-3,6-11H2;3-4,11,15,18,22,24H,1-2,5-10H2/t16-,17+,18+,20+,21+,22+;16-,19+,20+,21-;15-,18+,19+,20-/m111/s1. The summed E-state index contributed by atoms with van der Waals surface area (Å²) in [5, 5.41) is 59.9. The Kier molecular flexibility index (Phi) is 10.0.